The summed E-state index contributed by atoms with van der Waals surface area (Å²) in [5.74, 6) is 0.125. The fourth-order valence-electron chi connectivity index (χ4n) is 14.4. The number of hydrogen-bond donors (Lipinski definition) is 3. The number of aliphatic carboxylic acids is 1. The molecule has 5 fully saturated rings. The maximum absolute atomic E-state index is 14.6. The number of carbonyl (C=O) groups is 4. The van der Waals surface area contributed by atoms with Crippen molar-refractivity contribution < 1.29 is 29.4 Å². The SMILES string of the molecule is C=C(C)[C@@]1(C(=O)NCCC(=O)N2CCCC2C(=O)O)CC[C@@H]2CC[C@]3(C)[C@H](CC[C@@H]4[C@@]5(C)CC=C(c6ccc(C(=O)O)cc6)C(C)(C)[C@@H]5CC[C@]43C)[C@@H]21. The van der Waals surface area contributed by atoms with Gasteiger partial charge in [0.05, 0.1) is 11.0 Å². The molecule has 8 heteroatoms. The highest BCUT2D eigenvalue weighted by atomic mass is 16.4. The minimum absolute atomic E-state index is 0.0109. The number of allylic oxidation sites excluding steroid dienone is 2. The molecule has 10 atom stereocenters. The monoisotopic (exact) mass is 726 g/mol. The van der Waals surface area contributed by atoms with E-state index in [0.717, 1.165) is 56.1 Å². The van der Waals surface area contributed by atoms with Crippen LogP contribution in [0.5, 0.6) is 0 Å². The Morgan fingerprint density at radius 2 is 1.55 bits per heavy atom. The zero-order valence-electron chi connectivity index (χ0n) is 32.9. The molecule has 1 aromatic rings. The zero-order chi connectivity index (χ0) is 38.3. The van der Waals surface area contributed by atoms with Gasteiger partial charge in [0.1, 0.15) is 6.04 Å². The molecule has 1 saturated heterocycles. The number of benzene rings is 1. The molecule has 3 N–H and O–H groups in total. The Morgan fingerprint density at radius 1 is 0.868 bits per heavy atom. The second-order valence-electron chi connectivity index (χ2n) is 19.3. The molecule has 2 amide bonds. The molecule has 8 nitrogen and oxygen atoms in total. The number of nitrogens with one attached hydrogen (secondary N) is 1. The summed E-state index contributed by atoms with van der Waals surface area (Å²) in [6.45, 7) is 19.8. The van der Waals surface area contributed by atoms with Gasteiger partial charge in [-0.05, 0) is 152 Å². The predicted octanol–water partition coefficient (Wildman–Crippen LogP) is 8.62. The van der Waals surface area contributed by atoms with Crippen LogP contribution >= 0.6 is 0 Å². The first-order chi connectivity index (χ1) is 24.9. The van der Waals surface area contributed by atoms with Crippen molar-refractivity contribution in [2.24, 2.45) is 56.7 Å². The normalized spacial score (nSPS) is 39.8. The Labute approximate surface area is 316 Å². The number of hydrogen-bond acceptors (Lipinski definition) is 4. The van der Waals surface area contributed by atoms with Crippen molar-refractivity contribution in [1.29, 1.82) is 0 Å². The lowest BCUT2D eigenvalue weighted by Gasteiger charge is -2.72. The van der Waals surface area contributed by atoms with Crippen LogP contribution in [0.4, 0.5) is 0 Å². The van der Waals surface area contributed by atoms with E-state index < -0.39 is 23.4 Å². The van der Waals surface area contributed by atoms with E-state index >= 15 is 0 Å². The summed E-state index contributed by atoms with van der Waals surface area (Å²) in [4.78, 5) is 52.4. The van der Waals surface area contributed by atoms with Crippen LogP contribution in [0.15, 0.2) is 42.5 Å². The highest BCUT2D eigenvalue weighted by molar-refractivity contribution is 5.89. The van der Waals surface area contributed by atoms with Crippen LogP contribution in [0.25, 0.3) is 5.57 Å². The topological polar surface area (TPSA) is 124 Å². The number of aromatic carboxylic acids is 1. The first-order valence-corrected chi connectivity index (χ1v) is 20.4. The minimum atomic E-state index is -0.956. The molecule has 1 aromatic carbocycles. The van der Waals surface area contributed by atoms with Crippen LogP contribution in [0, 0.1) is 56.7 Å². The minimum Gasteiger partial charge on any atom is -0.480 e. The Kier molecular flexibility index (Phi) is 9.37. The molecule has 6 aliphatic rings. The van der Waals surface area contributed by atoms with Gasteiger partial charge in [-0.25, -0.2) is 9.59 Å². The van der Waals surface area contributed by atoms with E-state index in [-0.39, 0.29) is 52.4 Å². The third kappa shape index (κ3) is 5.49. The second kappa shape index (κ2) is 13.1. The highest BCUT2D eigenvalue weighted by Crippen LogP contribution is 2.77. The molecule has 4 saturated carbocycles. The molecule has 5 aliphatic carbocycles. The number of amides is 2. The van der Waals surface area contributed by atoms with E-state index in [9.17, 15) is 29.4 Å². The van der Waals surface area contributed by atoms with Crippen LogP contribution in [-0.2, 0) is 14.4 Å². The lowest BCUT2D eigenvalue weighted by molar-refractivity contribution is -0.219. The van der Waals surface area contributed by atoms with E-state index in [1.165, 1.54) is 23.3 Å². The molecule has 7 rings (SSSR count). The van der Waals surface area contributed by atoms with Crippen molar-refractivity contribution in [3.05, 3.63) is 53.6 Å². The Bertz CT molecular complexity index is 1730. The van der Waals surface area contributed by atoms with E-state index in [0.29, 0.717) is 48.6 Å². The molecular formula is C45H62N2O6. The largest absolute Gasteiger partial charge is 0.480 e. The number of rotatable bonds is 8. The fourth-order valence-corrected chi connectivity index (χ4v) is 14.4. The number of fused-ring (bicyclic) bond motifs is 7. The van der Waals surface area contributed by atoms with Crippen LogP contribution in [-0.4, -0.2) is 58.0 Å². The first-order valence-electron chi connectivity index (χ1n) is 20.4. The van der Waals surface area contributed by atoms with Crippen LogP contribution in [0.2, 0.25) is 0 Å². The molecule has 0 bridgehead atoms. The van der Waals surface area contributed by atoms with Crippen molar-refractivity contribution in [1.82, 2.24) is 10.2 Å². The summed E-state index contributed by atoms with van der Waals surface area (Å²) in [6, 6.07) is 6.68. The van der Waals surface area contributed by atoms with Crippen molar-refractivity contribution >= 4 is 29.3 Å². The van der Waals surface area contributed by atoms with Gasteiger partial charge >= 0.3 is 11.9 Å². The number of carboxylic acids is 2. The molecule has 1 heterocycles. The summed E-state index contributed by atoms with van der Waals surface area (Å²) in [6.07, 6.45) is 13.5. The van der Waals surface area contributed by atoms with Gasteiger partial charge in [0.15, 0.2) is 0 Å². The van der Waals surface area contributed by atoms with Crippen LogP contribution in [0.3, 0.4) is 0 Å². The van der Waals surface area contributed by atoms with Crippen molar-refractivity contribution in [2.75, 3.05) is 13.1 Å². The Hall–Kier alpha value is -3.42. The van der Waals surface area contributed by atoms with E-state index in [2.05, 4.69) is 52.6 Å². The average molecular weight is 727 g/mol. The molecule has 0 spiro atoms. The van der Waals surface area contributed by atoms with Gasteiger partial charge in [-0.2, -0.15) is 0 Å². The average Bonchev–Trinajstić information content (AvgIpc) is 3.75. The van der Waals surface area contributed by atoms with Gasteiger partial charge in [-0.15, -0.1) is 0 Å². The summed E-state index contributed by atoms with van der Waals surface area (Å²) < 4.78 is 0. The smallest absolute Gasteiger partial charge is 0.335 e. The van der Waals surface area contributed by atoms with Crippen LogP contribution < -0.4 is 5.32 Å². The molecule has 53 heavy (non-hydrogen) atoms. The predicted molar refractivity (Wildman–Crippen MR) is 206 cm³/mol. The molecule has 288 valence electrons. The van der Waals surface area contributed by atoms with Crippen molar-refractivity contribution in [3.8, 4) is 0 Å². The number of carboxylic acid groups (broad SMARTS) is 2. The first kappa shape index (κ1) is 37.9. The maximum atomic E-state index is 14.6. The number of nitrogens with zero attached hydrogens (tertiary/aromatic N) is 1. The lowest BCUT2D eigenvalue weighted by Crippen LogP contribution is -2.65. The summed E-state index contributed by atoms with van der Waals surface area (Å²) >= 11 is 0. The third-order valence-electron chi connectivity index (χ3n) is 17.1. The fraction of sp³-hybridized carbons (Fsp3) is 0.689. The van der Waals surface area contributed by atoms with Gasteiger partial charge in [0, 0.05) is 19.5 Å². The van der Waals surface area contributed by atoms with E-state index in [1.807, 2.05) is 19.1 Å². The van der Waals surface area contributed by atoms with Gasteiger partial charge in [0.25, 0.3) is 0 Å². The van der Waals surface area contributed by atoms with E-state index in [1.54, 1.807) is 12.1 Å². The van der Waals surface area contributed by atoms with Gasteiger partial charge in [-0.1, -0.05) is 65.0 Å². The highest BCUT2D eigenvalue weighted by Gasteiger charge is 2.70. The zero-order valence-corrected chi connectivity index (χ0v) is 32.9. The Morgan fingerprint density at radius 3 is 2.21 bits per heavy atom. The molecule has 0 radical (unpaired) electrons. The van der Waals surface area contributed by atoms with Gasteiger partial charge in [0.2, 0.25) is 11.8 Å². The standard InChI is InChI=1S/C45H62N2O6/c1-27(2)45(40(53)46-25-20-36(48)47-26-8-9-33(47)39(51)52)24-17-29-16-22-43(6)32(37(29)45)14-15-35-42(5)21-18-31(28-10-12-30(13-11-28)38(49)50)41(3,4)34(42)19-23-44(35,43)7/h10-13,18,29,32-35,37H,1,8-9,14-17,19-26H2,2-7H3,(H,46,53)(H,49,50)(H,51,52)/t29-,32+,33?,34-,35+,37+,42-,43+,44+,45-/m0/s1. The molecule has 1 aliphatic heterocycles. The summed E-state index contributed by atoms with van der Waals surface area (Å²) in [5, 5.41) is 22.3. The van der Waals surface area contributed by atoms with Crippen molar-refractivity contribution in [2.45, 2.75) is 125 Å². The lowest BCUT2D eigenvalue weighted by atomic mass is 9.33. The van der Waals surface area contributed by atoms with E-state index in [4.69, 9.17) is 0 Å². The second-order valence-corrected chi connectivity index (χ2v) is 19.3. The summed E-state index contributed by atoms with van der Waals surface area (Å²) in [7, 11) is 0. The number of carbonyl (C=O) groups excluding carboxylic acids is 2. The molecule has 0 aromatic heterocycles. The Balaban J connectivity index is 1.13. The van der Waals surface area contributed by atoms with Gasteiger partial charge in [-0.3, -0.25) is 9.59 Å². The number of likely N-dealkylation sites (tertiary alicyclic amines) is 1. The third-order valence-corrected chi connectivity index (χ3v) is 17.1. The quantitative estimate of drug-likeness (QED) is 0.231. The van der Waals surface area contributed by atoms with Crippen LogP contribution in [0.1, 0.15) is 135 Å². The summed E-state index contributed by atoms with van der Waals surface area (Å²) in [5.41, 5.74) is 3.34. The van der Waals surface area contributed by atoms with Crippen molar-refractivity contribution in [3.63, 3.8) is 0 Å². The molecule has 1 unspecified atom stereocenters. The molecular weight excluding hydrogens is 665 g/mol. The van der Waals surface area contributed by atoms with Gasteiger partial charge < -0.3 is 20.4 Å². The maximum Gasteiger partial charge on any atom is 0.335 e.